The third-order valence-corrected chi connectivity index (χ3v) is 5.22. The highest BCUT2D eigenvalue weighted by atomic mass is 16.5. The number of nitrogens with one attached hydrogen (secondary N) is 2. The van der Waals surface area contributed by atoms with Gasteiger partial charge in [0.05, 0.1) is 13.2 Å². The number of carbonyl (C=O) groups excluding carboxylic acids is 2. The van der Waals surface area contributed by atoms with Gasteiger partial charge in [-0.3, -0.25) is 9.59 Å². The van der Waals surface area contributed by atoms with Crippen LogP contribution in [0.15, 0.2) is 48.5 Å². The van der Waals surface area contributed by atoms with E-state index >= 15 is 0 Å². The summed E-state index contributed by atoms with van der Waals surface area (Å²) in [6.07, 6.45) is 0.0918. The van der Waals surface area contributed by atoms with Gasteiger partial charge in [-0.15, -0.1) is 0 Å². The first-order chi connectivity index (χ1) is 15.6. The van der Waals surface area contributed by atoms with Gasteiger partial charge in [0.15, 0.2) is 0 Å². The molecule has 8 nitrogen and oxygen atoms in total. The lowest BCUT2D eigenvalue weighted by atomic mass is 9.98. The van der Waals surface area contributed by atoms with Crippen LogP contribution >= 0.6 is 0 Å². The van der Waals surface area contributed by atoms with Crippen LogP contribution in [0.3, 0.4) is 0 Å². The van der Waals surface area contributed by atoms with Gasteiger partial charge in [-0.2, -0.15) is 0 Å². The van der Waals surface area contributed by atoms with Crippen LogP contribution in [0.2, 0.25) is 0 Å². The number of carboxylic acids is 1. The van der Waals surface area contributed by atoms with Crippen LogP contribution in [0.25, 0.3) is 11.1 Å². The number of aliphatic carboxylic acids is 1. The summed E-state index contributed by atoms with van der Waals surface area (Å²) in [6.45, 7) is 1.34. The Bertz CT molecular complexity index is 900. The fourth-order valence-electron chi connectivity index (χ4n) is 3.70. The highest BCUT2D eigenvalue weighted by Crippen LogP contribution is 2.44. The zero-order valence-corrected chi connectivity index (χ0v) is 17.8. The van der Waals surface area contributed by atoms with E-state index in [1.165, 1.54) is 11.1 Å². The smallest absolute Gasteiger partial charge is 0.407 e. The third-order valence-electron chi connectivity index (χ3n) is 5.22. The zero-order chi connectivity index (χ0) is 22.8. The van der Waals surface area contributed by atoms with Crippen molar-refractivity contribution in [3.63, 3.8) is 0 Å². The predicted molar refractivity (Wildman–Crippen MR) is 118 cm³/mol. The molecule has 2 aromatic rings. The van der Waals surface area contributed by atoms with E-state index < -0.39 is 12.1 Å². The molecule has 0 saturated heterocycles. The van der Waals surface area contributed by atoms with E-state index in [1.807, 2.05) is 24.3 Å². The Morgan fingerprint density at radius 2 is 1.50 bits per heavy atom. The standard InChI is InChI=1S/C24H28N2O6/c27-22(25-12-5-10-23(28)29)11-14-31-15-13-26-24(30)32-16-21-19-8-3-1-6-17(19)18-7-2-4-9-20(18)21/h1-4,6-9,21H,5,10-16H2,(H,25,27)(H,26,30)(H,28,29). The molecule has 1 aliphatic carbocycles. The summed E-state index contributed by atoms with van der Waals surface area (Å²) in [5.74, 6) is -1.07. The molecule has 8 heteroatoms. The third kappa shape index (κ3) is 6.55. The molecule has 2 aromatic carbocycles. The molecule has 3 rings (SSSR count). The fourth-order valence-corrected chi connectivity index (χ4v) is 3.70. The van der Waals surface area contributed by atoms with Crippen LogP contribution in [-0.2, 0) is 19.1 Å². The lowest BCUT2D eigenvalue weighted by molar-refractivity contribution is -0.137. The Balaban J connectivity index is 1.30. The second-order valence-corrected chi connectivity index (χ2v) is 7.46. The number of amides is 2. The van der Waals surface area contributed by atoms with Crippen LogP contribution in [0.5, 0.6) is 0 Å². The molecule has 0 aromatic heterocycles. The van der Waals surface area contributed by atoms with E-state index in [1.54, 1.807) is 0 Å². The summed E-state index contributed by atoms with van der Waals surface area (Å²) in [4.78, 5) is 34.1. The van der Waals surface area contributed by atoms with Gasteiger partial charge < -0.3 is 25.2 Å². The Hall–Kier alpha value is -3.39. The maximum absolute atomic E-state index is 12.1. The van der Waals surface area contributed by atoms with Crippen molar-refractivity contribution in [3.8, 4) is 11.1 Å². The quantitative estimate of drug-likeness (QED) is 0.437. The van der Waals surface area contributed by atoms with Crippen molar-refractivity contribution in [3.05, 3.63) is 59.7 Å². The summed E-state index contributed by atoms with van der Waals surface area (Å²) >= 11 is 0. The average molecular weight is 440 g/mol. The summed E-state index contributed by atoms with van der Waals surface area (Å²) in [5, 5.41) is 13.8. The molecule has 0 saturated carbocycles. The highest BCUT2D eigenvalue weighted by Gasteiger charge is 2.28. The van der Waals surface area contributed by atoms with Crippen molar-refractivity contribution in [2.75, 3.05) is 32.9 Å². The molecule has 0 unspecified atom stereocenters. The summed E-state index contributed by atoms with van der Waals surface area (Å²) < 4.78 is 10.8. The molecule has 0 fully saturated rings. The van der Waals surface area contributed by atoms with Gasteiger partial charge in [0.25, 0.3) is 0 Å². The Labute approximate surface area is 186 Å². The molecule has 32 heavy (non-hydrogen) atoms. The molecular formula is C24H28N2O6. The van der Waals surface area contributed by atoms with Gasteiger partial charge in [0.1, 0.15) is 6.61 Å². The maximum atomic E-state index is 12.1. The van der Waals surface area contributed by atoms with Gasteiger partial charge in [-0.25, -0.2) is 4.79 Å². The molecule has 0 atom stereocenters. The molecule has 0 radical (unpaired) electrons. The zero-order valence-electron chi connectivity index (χ0n) is 17.8. The van der Waals surface area contributed by atoms with Crippen molar-refractivity contribution in [2.24, 2.45) is 0 Å². The molecule has 170 valence electrons. The van der Waals surface area contributed by atoms with Gasteiger partial charge in [0, 0.05) is 31.8 Å². The van der Waals surface area contributed by atoms with E-state index in [-0.39, 0.29) is 51.0 Å². The molecule has 0 bridgehead atoms. The average Bonchev–Trinajstić information content (AvgIpc) is 3.11. The van der Waals surface area contributed by atoms with Gasteiger partial charge in [-0.1, -0.05) is 48.5 Å². The summed E-state index contributed by atoms with van der Waals surface area (Å²) in [6, 6.07) is 16.3. The number of benzene rings is 2. The van der Waals surface area contributed by atoms with Crippen molar-refractivity contribution in [1.82, 2.24) is 10.6 Å². The molecule has 0 aliphatic heterocycles. The topological polar surface area (TPSA) is 114 Å². The Morgan fingerprint density at radius 3 is 2.16 bits per heavy atom. The highest BCUT2D eigenvalue weighted by molar-refractivity contribution is 5.79. The van der Waals surface area contributed by atoms with Crippen molar-refractivity contribution in [1.29, 1.82) is 0 Å². The summed E-state index contributed by atoms with van der Waals surface area (Å²) in [5.41, 5.74) is 4.67. The van der Waals surface area contributed by atoms with E-state index in [9.17, 15) is 14.4 Å². The van der Waals surface area contributed by atoms with Crippen molar-refractivity contribution >= 4 is 18.0 Å². The largest absolute Gasteiger partial charge is 0.481 e. The van der Waals surface area contributed by atoms with E-state index in [2.05, 4.69) is 34.9 Å². The second-order valence-electron chi connectivity index (χ2n) is 7.46. The normalized spacial score (nSPS) is 12.0. The number of carbonyl (C=O) groups is 3. The lowest BCUT2D eigenvalue weighted by Crippen LogP contribution is -2.30. The van der Waals surface area contributed by atoms with E-state index in [0.717, 1.165) is 11.1 Å². The summed E-state index contributed by atoms with van der Waals surface area (Å²) in [7, 11) is 0. The fraction of sp³-hybridized carbons (Fsp3) is 0.375. The number of carboxylic acid groups (broad SMARTS) is 1. The Kier molecular flexibility index (Phi) is 8.62. The predicted octanol–water partition coefficient (Wildman–Crippen LogP) is 2.91. The molecule has 0 spiro atoms. The lowest BCUT2D eigenvalue weighted by Gasteiger charge is -2.14. The van der Waals surface area contributed by atoms with E-state index in [0.29, 0.717) is 13.0 Å². The molecule has 0 heterocycles. The minimum atomic E-state index is -0.883. The van der Waals surface area contributed by atoms with Crippen LogP contribution in [0, 0.1) is 0 Å². The number of rotatable bonds is 12. The number of fused-ring (bicyclic) bond motifs is 3. The number of ether oxygens (including phenoxy) is 2. The second kappa shape index (κ2) is 11.9. The molecular weight excluding hydrogens is 412 g/mol. The van der Waals surface area contributed by atoms with Crippen molar-refractivity contribution in [2.45, 2.75) is 25.2 Å². The SMILES string of the molecule is O=C(O)CCCNC(=O)CCOCCNC(=O)OCC1c2ccccc2-c2ccccc21. The first-order valence-corrected chi connectivity index (χ1v) is 10.7. The number of hydrogen-bond donors (Lipinski definition) is 3. The maximum Gasteiger partial charge on any atom is 0.407 e. The van der Waals surface area contributed by atoms with Gasteiger partial charge >= 0.3 is 12.1 Å². The Morgan fingerprint density at radius 1 is 0.844 bits per heavy atom. The van der Waals surface area contributed by atoms with Crippen LogP contribution in [-0.4, -0.2) is 56.0 Å². The number of alkyl carbamates (subject to hydrolysis) is 1. The van der Waals surface area contributed by atoms with Crippen LogP contribution in [0.4, 0.5) is 4.79 Å². The van der Waals surface area contributed by atoms with Crippen molar-refractivity contribution < 1.29 is 29.0 Å². The number of hydrogen-bond acceptors (Lipinski definition) is 5. The molecule has 2 amide bonds. The molecule has 3 N–H and O–H groups in total. The van der Waals surface area contributed by atoms with Crippen LogP contribution in [0.1, 0.15) is 36.3 Å². The minimum absolute atomic E-state index is 0.0124. The first-order valence-electron chi connectivity index (χ1n) is 10.7. The first kappa shape index (κ1) is 23.3. The van der Waals surface area contributed by atoms with Crippen LogP contribution < -0.4 is 10.6 Å². The van der Waals surface area contributed by atoms with Gasteiger partial charge in [0.2, 0.25) is 5.91 Å². The van der Waals surface area contributed by atoms with E-state index in [4.69, 9.17) is 14.6 Å². The van der Waals surface area contributed by atoms with Gasteiger partial charge in [-0.05, 0) is 28.7 Å². The molecule has 1 aliphatic rings. The minimum Gasteiger partial charge on any atom is -0.481 e. The monoisotopic (exact) mass is 440 g/mol.